The van der Waals surface area contributed by atoms with E-state index in [1.807, 2.05) is 37.3 Å². The lowest BCUT2D eigenvalue weighted by Gasteiger charge is -2.24. The number of hydrogen-bond acceptors (Lipinski definition) is 4. The van der Waals surface area contributed by atoms with Crippen LogP contribution in [0.4, 0.5) is 0 Å². The Hall–Kier alpha value is -2.61. The van der Waals surface area contributed by atoms with E-state index in [2.05, 4.69) is 4.98 Å². The van der Waals surface area contributed by atoms with Crippen LogP contribution in [-0.2, 0) is 27.8 Å². The van der Waals surface area contributed by atoms with E-state index in [1.54, 1.807) is 39.0 Å². The quantitative estimate of drug-likeness (QED) is 0.457. The number of halogens is 1. The number of nitrogens with one attached hydrogen (secondary N) is 1. The molecule has 2 aromatic carbocycles. The first-order valence-electron chi connectivity index (χ1n) is 10.3. The van der Waals surface area contributed by atoms with Gasteiger partial charge in [-0.25, -0.2) is 13.2 Å². The Morgan fingerprint density at radius 1 is 1.00 bits per heavy atom. The van der Waals surface area contributed by atoms with E-state index < -0.39 is 16.0 Å². The molecule has 0 saturated heterocycles. The molecular weight excluding hydrogens is 448 g/mol. The van der Waals surface area contributed by atoms with Crippen LogP contribution in [-0.4, -0.2) is 30.3 Å². The molecule has 1 aromatic heterocycles. The molecule has 170 valence electrons. The molecule has 0 atom stereocenters. The minimum atomic E-state index is -3.89. The van der Waals surface area contributed by atoms with E-state index >= 15 is 0 Å². The van der Waals surface area contributed by atoms with Crippen molar-refractivity contribution in [3.05, 3.63) is 87.2 Å². The Balaban J connectivity index is 2.07. The molecule has 0 saturated carbocycles. The lowest BCUT2D eigenvalue weighted by Crippen LogP contribution is -2.31. The molecule has 0 spiro atoms. The molecule has 0 bridgehead atoms. The predicted molar refractivity (Wildman–Crippen MR) is 125 cm³/mol. The number of aromatic amines is 1. The number of aryl methyl sites for hydroxylation is 1. The number of ether oxygens (including phenoxy) is 1. The average molecular weight is 475 g/mol. The highest BCUT2D eigenvalue weighted by molar-refractivity contribution is 7.89. The van der Waals surface area contributed by atoms with Crippen molar-refractivity contribution < 1.29 is 17.9 Å². The first-order chi connectivity index (χ1) is 15.2. The molecule has 0 aliphatic heterocycles. The predicted octanol–water partition coefficient (Wildman–Crippen LogP) is 5.16. The SMILES string of the molecule is CCOC(=O)c1[nH]c(C)c(CN(Cc2ccccc2)S(=O)(=O)c2cccc(Cl)c2C)c1C. The van der Waals surface area contributed by atoms with Crippen LogP contribution in [0.25, 0.3) is 0 Å². The number of aromatic nitrogens is 1. The summed E-state index contributed by atoms with van der Waals surface area (Å²) in [6.45, 7) is 7.58. The average Bonchev–Trinajstić information content (AvgIpc) is 3.04. The summed E-state index contributed by atoms with van der Waals surface area (Å²) in [6.07, 6.45) is 0. The maximum absolute atomic E-state index is 13.7. The van der Waals surface area contributed by atoms with Gasteiger partial charge in [0.05, 0.1) is 11.5 Å². The molecule has 8 heteroatoms. The molecule has 1 N–H and O–H groups in total. The molecule has 0 aliphatic carbocycles. The van der Waals surface area contributed by atoms with E-state index in [-0.39, 0.29) is 24.6 Å². The van der Waals surface area contributed by atoms with Gasteiger partial charge in [0, 0.05) is 23.8 Å². The van der Waals surface area contributed by atoms with Crippen molar-refractivity contribution in [1.82, 2.24) is 9.29 Å². The number of rotatable bonds is 8. The number of H-pyrrole nitrogens is 1. The number of nitrogens with zero attached hydrogens (tertiary/aromatic N) is 1. The normalized spacial score (nSPS) is 11.7. The van der Waals surface area contributed by atoms with Gasteiger partial charge in [0.25, 0.3) is 0 Å². The van der Waals surface area contributed by atoms with Gasteiger partial charge >= 0.3 is 5.97 Å². The highest BCUT2D eigenvalue weighted by Gasteiger charge is 2.29. The van der Waals surface area contributed by atoms with Crippen molar-refractivity contribution in [1.29, 1.82) is 0 Å². The Kier molecular flexibility index (Phi) is 7.44. The Morgan fingerprint density at radius 3 is 2.34 bits per heavy atom. The third kappa shape index (κ3) is 4.90. The van der Waals surface area contributed by atoms with Crippen LogP contribution in [0.2, 0.25) is 5.02 Å². The summed E-state index contributed by atoms with van der Waals surface area (Å²) in [7, 11) is -3.89. The van der Waals surface area contributed by atoms with Crippen LogP contribution in [0, 0.1) is 20.8 Å². The molecule has 32 heavy (non-hydrogen) atoms. The van der Waals surface area contributed by atoms with Crippen LogP contribution in [0.15, 0.2) is 53.4 Å². The molecule has 0 aliphatic rings. The molecular formula is C24H27ClN2O4S. The number of hydrogen-bond donors (Lipinski definition) is 1. The summed E-state index contributed by atoms with van der Waals surface area (Å²) in [5, 5.41) is 0.393. The standard InChI is InChI=1S/C24H27ClN2O4S/c1-5-31-24(28)23-16(2)20(18(4)26-23)15-27(14-19-10-7-6-8-11-19)32(29,30)22-13-9-12-21(25)17(22)3/h6-13,26H,5,14-15H2,1-4H3. The first-order valence-corrected chi connectivity index (χ1v) is 12.1. The lowest BCUT2D eigenvalue weighted by molar-refractivity contribution is 0.0519. The third-order valence-corrected chi connectivity index (χ3v) is 7.79. The fraction of sp³-hybridized carbons (Fsp3) is 0.292. The zero-order valence-corrected chi connectivity index (χ0v) is 20.2. The van der Waals surface area contributed by atoms with Gasteiger partial charge in [-0.1, -0.05) is 48.0 Å². The van der Waals surface area contributed by atoms with Gasteiger partial charge in [-0.3, -0.25) is 0 Å². The molecule has 0 fully saturated rings. The second-order valence-electron chi connectivity index (χ2n) is 7.57. The van der Waals surface area contributed by atoms with Gasteiger partial charge in [0.2, 0.25) is 10.0 Å². The maximum atomic E-state index is 13.7. The lowest BCUT2D eigenvalue weighted by atomic mass is 10.1. The number of carbonyl (C=O) groups is 1. The van der Waals surface area contributed by atoms with Crippen LogP contribution in [0.3, 0.4) is 0 Å². The smallest absolute Gasteiger partial charge is 0.355 e. The summed E-state index contributed by atoms with van der Waals surface area (Å²) in [5.41, 5.74) is 3.84. The highest BCUT2D eigenvalue weighted by Crippen LogP contribution is 2.29. The highest BCUT2D eigenvalue weighted by atomic mass is 35.5. The Bertz CT molecular complexity index is 1220. The van der Waals surface area contributed by atoms with Gasteiger partial charge < -0.3 is 9.72 Å². The number of benzene rings is 2. The number of sulfonamides is 1. The minimum absolute atomic E-state index is 0.0940. The molecule has 3 rings (SSSR count). The van der Waals surface area contributed by atoms with Crippen molar-refractivity contribution in [3.8, 4) is 0 Å². The largest absolute Gasteiger partial charge is 0.461 e. The molecule has 0 unspecified atom stereocenters. The second-order valence-corrected chi connectivity index (χ2v) is 9.88. The van der Waals surface area contributed by atoms with Crippen LogP contribution < -0.4 is 0 Å². The van der Waals surface area contributed by atoms with Crippen LogP contribution in [0.1, 0.15) is 45.4 Å². The van der Waals surface area contributed by atoms with E-state index in [4.69, 9.17) is 16.3 Å². The summed E-state index contributed by atoms with van der Waals surface area (Å²) in [5.74, 6) is -0.456. The van der Waals surface area contributed by atoms with Crippen molar-refractivity contribution in [2.24, 2.45) is 0 Å². The Morgan fingerprint density at radius 2 is 1.69 bits per heavy atom. The van der Waals surface area contributed by atoms with Crippen molar-refractivity contribution in [2.75, 3.05) is 6.61 Å². The fourth-order valence-corrected chi connectivity index (χ4v) is 5.50. The van der Waals surface area contributed by atoms with Gasteiger partial charge in [0.15, 0.2) is 0 Å². The zero-order chi connectivity index (χ0) is 23.5. The summed E-state index contributed by atoms with van der Waals surface area (Å²) in [4.78, 5) is 15.5. The van der Waals surface area contributed by atoms with E-state index in [1.165, 1.54) is 4.31 Å². The maximum Gasteiger partial charge on any atom is 0.355 e. The molecule has 6 nitrogen and oxygen atoms in total. The van der Waals surface area contributed by atoms with E-state index in [9.17, 15) is 13.2 Å². The fourth-order valence-electron chi connectivity index (χ4n) is 3.63. The van der Waals surface area contributed by atoms with Crippen molar-refractivity contribution in [3.63, 3.8) is 0 Å². The Labute approximate surface area is 194 Å². The van der Waals surface area contributed by atoms with Crippen LogP contribution in [0.5, 0.6) is 0 Å². The van der Waals surface area contributed by atoms with Crippen molar-refractivity contribution >= 4 is 27.6 Å². The third-order valence-electron chi connectivity index (χ3n) is 5.44. The molecule has 1 heterocycles. The van der Waals surface area contributed by atoms with Crippen LogP contribution >= 0.6 is 11.6 Å². The van der Waals surface area contributed by atoms with Gasteiger partial charge in [-0.2, -0.15) is 4.31 Å². The second kappa shape index (κ2) is 9.90. The summed E-state index contributed by atoms with van der Waals surface area (Å²) < 4.78 is 34.0. The van der Waals surface area contributed by atoms with Gasteiger partial charge in [0.1, 0.15) is 5.69 Å². The molecule has 0 radical (unpaired) electrons. The number of carbonyl (C=O) groups excluding carboxylic acids is 1. The van der Waals surface area contributed by atoms with E-state index in [0.29, 0.717) is 21.8 Å². The molecule has 0 amide bonds. The first kappa shape index (κ1) is 24.0. The van der Waals surface area contributed by atoms with E-state index in [0.717, 1.165) is 16.8 Å². The van der Waals surface area contributed by atoms with Crippen molar-refractivity contribution in [2.45, 2.75) is 45.7 Å². The summed E-state index contributed by atoms with van der Waals surface area (Å²) in [6, 6.07) is 14.3. The monoisotopic (exact) mass is 474 g/mol. The molecule has 3 aromatic rings. The number of esters is 1. The minimum Gasteiger partial charge on any atom is -0.461 e. The van der Waals surface area contributed by atoms with Gasteiger partial charge in [-0.15, -0.1) is 0 Å². The topological polar surface area (TPSA) is 79.5 Å². The van der Waals surface area contributed by atoms with Gasteiger partial charge in [-0.05, 0) is 62.1 Å². The zero-order valence-electron chi connectivity index (χ0n) is 18.6. The summed E-state index contributed by atoms with van der Waals surface area (Å²) >= 11 is 6.22.